The van der Waals surface area contributed by atoms with Crippen molar-refractivity contribution in [3.05, 3.63) is 27.9 Å². The van der Waals surface area contributed by atoms with Crippen LogP contribution in [0.3, 0.4) is 0 Å². The van der Waals surface area contributed by atoms with Crippen molar-refractivity contribution >= 4 is 0 Å². The highest BCUT2D eigenvalue weighted by Crippen LogP contribution is 2.18. The Morgan fingerprint density at radius 3 is 2.50 bits per heavy atom. The third kappa shape index (κ3) is 2.42. The number of aromatic amines is 1. The van der Waals surface area contributed by atoms with Crippen molar-refractivity contribution in [2.24, 2.45) is 5.73 Å². The van der Waals surface area contributed by atoms with E-state index >= 15 is 0 Å². The predicted octanol–water partition coefficient (Wildman–Crippen LogP) is 1.09. The predicted molar refractivity (Wildman–Crippen MR) is 56.2 cm³/mol. The molecule has 78 valence electrons. The summed E-state index contributed by atoms with van der Waals surface area (Å²) in [5.41, 5.74) is 6.17. The maximum absolute atomic E-state index is 11.3. The smallest absolute Gasteiger partial charge is 0.251 e. The average Bonchev–Trinajstić information content (AvgIpc) is 2.01. The average molecular weight is 195 g/mol. The highest BCUT2D eigenvalue weighted by molar-refractivity contribution is 5.13. The first-order valence-corrected chi connectivity index (χ1v) is 4.68. The lowest BCUT2D eigenvalue weighted by molar-refractivity contribution is 0.554. The molecule has 0 bridgehead atoms. The van der Waals surface area contributed by atoms with Gasteiger partial charge in [0.1, 0.15) is 5.82 Å². The van der Waals surface area contributed by atoms with Crippen LogP contribution in [0.4, 0.5) is 0 Å². The van der Waals surface area contributed by atoms with Gasteiger partial charge in [-0.05, 0) is 6.92 Å². The summed E-state index contributed by atoms with van der Waals surface area (Å²) >= 11 is 0. The molecule has 0 aliphatic carbocycles. The SMILES string of the molecule is CC(N)c1nc(C(C)(C)C)cc(=O)[nH]1. The second-order valence-electron chi connectivity index (χ2n) is 4.55. The van der Waals surface area contributed by atoms with E-state index in [-0.39, 0.29) is 17.0 Å². The summed E-state index contributed by atoms with van der Waals surface area (Å²) in [7, 11) is 0. The molecule has 0 amide bonds. The fourth-order valence-corrected chi connectivity index (χ4v) is 1.08. The van der Waals surface area contributed by atoms with Gasteiger partial charge >= 0.3 is 0 Å². The summed E-state index contributed by atoms with van der Waals surface area (Å²) < 4.78 is 0. The molecule has 1 rings (SSSR count). The molecule has 0 spiro atoms. The maximum atomic E-state index is 11.3. The third-order valence-corrected chi connectivity index (χ3v) is 1.96. The van der Waals surface area contributed by atoms with E-state index in [4.69, 9.17) is 5.73 Å². The van der Waals surface area contributed by atoms with Crippen molar-refractivity contribution in [1.29, 1.82) is 0 Å². The van der Waals surface area contributed by atoms with Crippen LogP contribution in [0.25, 0.3) is 0 Å². The Morgan fingerprint density at radius 2 is 2.07 bits per heavy atom. The standard InChI is InChI=1S/C10H17N3O/c1-6(11)9-12-7(10(2,3)4)5-8(14)13-9/h5-6H,11H2,1-4H3,(H,12,13,14). The van der Waals surface area contributed by atoms with Crippen molar-refractivity contribution in [3.8, 4) is 0 Å². The van der Waals surface area contributed by atoms with E-state index < -0.39 is 0 Å². The zero-order chi connectivity index (χ0) is 10.9. The van der Waals surface area contributed by atoms with Crippen molar-refractivity contribution in [2.45, 2.75) is 39.2 Å². The van der Waals surface area contributed by atoms with Gasteiger partial charge in [-0.2, -0.15) is 0 Å². The molecule has 0 radical (unpaired) electrons. The van der Waals surface area contributed by atoms with Gasteiger partial charge in [0.25, 0.3) is 5.56 Å². The van der Waals surface area contributed by atoms with Crippen LogP contribution in [0, 0.1) is 0 Å². The summed E-state index contributed by atoms with van der Waals surface area (Å²) in [5.74, 6) is 0.544. The van der Waals surface area contributed by atoms with Crippen LogP contribution in [0.5, 0.6) is 0 Å². The Kier molecular flexibility index (Phi) is 2.76. The molecule has 1 heterocycles. The number of H-pyrrole nitrogens is 1. The van der Waals surface area contributed by atoms with E-state index in [9.17, 15) is 4.79 Å². The molecule has 4 nitrogen and oxygen atoms in total. The van der Waals surface area contributed by atoms with Gasteiger partial charge < -0.3 is 10.7 Å². The summed E-state index contributed by atoms with van der Waals surface area (Å²) in [6.45, 7) is 7.84. The zero-order valence-corrected chi connectivity index (χ0v) is 9.09. The van der Waals surface area contributed by atoms with Crippen molar-refractivity contribution in [3.63, 3.8) is 0 Å². The molecule has 0 saturated heterocycles. The number of aromatic nitrogens is 2. The van der Waals surface area contributed by atoms with E-state index in [1.807, 2.05) is 20.8 Å². The van der Waals surface area contributed by atoms with E-state index in [2.05, 4.69) is 9.97 Å². The summed E-state index contributed by atoms with van der Waals surface area (Å²) in [6.07, 6.45) is 0. The summed E-state index contributed by atoms with van der Waals surface area (Å²) in [5, 5.41) is 0. The molecular weight excluding hydrogens is 178 g/mol. The van der Waals surface area contributed by atoms with Crippen LogP contribution in [-0.2, 0) is 5.41 Å². The molecule has 4 heteroatoms. The van der Waals surface area contributed by atoms with Crippen LogP contribution in [0.1, 0.15) is 45.3 Å². The number of nitrogens with one attached hydrogen (secondary N) is 1. The van der Waals surface area contributed by atoms with Crippen LogP contribution in [-0.4, -0.2) is 9.97 Å². The van der Waals surface area contributed by atoms with E-state index in [0.29, 0.717) is 5.82 Å². The number of hydrogen-bond acceptors (Lipinski definition) is 3. The molecule has 0 saturated carbocycles. The van der Waals surface area contributed by atoms with E-state index in [1.165, 1.54) is 6.07 Å². The highest BCUT2D eigenvalue weighted by atomic mass is 16.1. The van der Waals surface area contributed by atoms with Gasteiger partial charge in [-0.1, -0.05) is 20.8 Å². The van der Waals surface area contributed by atoms with Crippen molar-refractivity contribution in [1.82, 2.24) is 9.97 Å². The van der Waals surface area contributed by atoms with E-state index in [0.717, 1.165) is 5.69 Å². The molecular formula is C10H17N3O. The topological polar surface area (TPSA) is 71.8 Å². The van der Waals surface area contributed by atoms with Crippen molar-refractivity contribution in [2.75, 3.05) is 0 Å². The highest BCUT2D eigenvalue weighted by Gasteiger charge is 2.17. The number of nitrogens with zero attached hydrogens (tertiary/aromatic N) is 1. The Labute approximate surface area is 83.6 Å². The van der Waals surface area contributed by atoms with Gasteiger partial charge in [-0.25, -0.2) is 4.98 Å². The molecule has 0 aliphatic heterocycles. The minimum absolute atomic E-state index is 0.127. The molecule has 1 aromatic heterocycles. The second kappa shape index (κ2) is 3.53. The van der Waals surface area contributed by atoms with Gasteiger partial charge in [-0.3, -0.25) is 4.79 Å². The van der Waals surface area contributed by atoms with Crippen LogP contribution >= 0.6 is 0 Å². The maximum Gasteiger partial charge on any atom is 0.251 e. The number of rotatable bonds is 1. The fraction of sp³-hybridized carbons (Fsp3) is 0.600. The van der Waals surface area contributed by atoms with Crippen LogP contribution in [0.15, 0.2) is 10.9 Å². The normalized spacial score (nSPS) is 14.1. The van der Waals surface area contributed by atoms with Gasteiger partial charge in [-0.15, -0.1) is 0 Å². The number of nitrogens with two attached hydrogens (primary N) is 1. The Balaban J connectivity index is 3.28. The molecule has 0 fully saturated rings. The fourth-order valence-electron chi connectivity index (χ4n) is 1.08. The van der Waals surface area contributed by atoms with Gasteiger partial charge in [0.2, 0.25) is 0 Å². The van der Waals surface area contributed by atoms with Crippen LogP contribution in [0.2, 0.25) is 0 Å². The first kappa shape index (κ1) is 10.9. The first-order chi connectivity index (χ1) is 6.30. The Bertz CT molecular complexity index is 374. The molecule has 0 aromatic carbocycles. The molecule has 1 atom stereocenters. The van der Waals surface area contributed by atoms with Gasteiger partial charge in [0.05, 0.1) is 11.7 Å². The Hall–Kier alpha value is -1.16. The number of hydrogen-bond donors (Lipinski definition) is 2. The first-order valence-electron chi connectivity index (χ1n) is 4.68. The molecule has 0 aliphatic rings. The summed E-state index contributed by atoms with van der Waals surface area (Å²) in [4.78, 5) is 18.3. The minimum Gasteiger partial charge on any atom is -0.322 e. The lowest BCUT2D eigenvalue weighted by atomic mass is 9.92. The second-order valence-corrected chi connectivity index (χ2v) is 4.55. The largest absolute Gasteiger partial charge is 0.322 e. The molecule has 1 aromatic rings. The molecule has 1 unspecified atom stereocenters. The summed E-state index contributed by atoms with van der Waals surface area (Å²) in [6, 6.07) is 1.27. The van der Waals surface area contributed by atoms with Crippen molar-refractivity contribution < 1.29 is 0 Å². The van der Waals surface area contributed by atoms with E-state index in [1.54, 1.807) is 6.92 Å². The molecule has 3 N–H and O–H groups in total. The van der Waals surface area contributed by atoms with Crippen LogP contribution < -0.4 is 11.3 Å². The lowest BCUT2D eigenvalue weighted by Crippen LogP contribution is -2.23. The minimum atomic E-state index is -0.245. The zero-order valence-electron chi connectivity index (χ0n) is 9.09. The quantitative estimate of drug-likeness (QED) is 0.704. The molecule has 14 heavy (non-hydrogen) atoms. The monoisotopic (exact) mass is 195 g/mol. The lowest BCUT2D eigenvalue weighted by Gasteiger charge is -2.18. The van der Waals surface area contributed by atoms with Gasteiger partial charge in [0, 0.05) is 11.5 Å². The van der Waals surface area contributed by atoms with Gasteiger partial charge in [0.15, 0.2) is 0 Å². The Morgan fingerprint density at radius 1 is 1.50 bits per heavy atom. The third-order valence-electron chi connectivity index (χ3n) is 1.96.